The van der Waals surface area contributed by atoms with E-state index < -0.39 is 0 Å². The van der Waals surface area contributed by atoms with Crippen LogP contribution in [-0.2, 0) is 14.3 Å². The van der Waals surface area contributed by atoms with E-state index in [1.807, 2.05) is 0 Å². The molecular weight excluding hydrogens is 156 g/mol. The van der Waals surface area contributed by atoms with Crippen molar-refractivity contribution >= 4 is 5.97 Å². The monoisotopic (exact) mass is 172 g/mol. The molecule has 0 aliphatic carbocycles. The predicted octanol–water partition coefficient (Wildman–Crippen LogP) is 1.51. The van der Waals surface area contributed by atoms with Crippen LogP contribution in [0.3, 0.4) is 0 Å². The summed E-state index contributed by atoms with van der Waals surface area (Å²) in [6.45, 7) is 3.07. The second-order valence-electron chi connectivity index (χ2n) is 3.13. The lowest BCUT2D eigenvalue weighted by atomic mass is 10.1. The zero-order valence-electron chi connectivity index (χ0n) is 7.54. The second kappa shape index (κ2) is 5.14. The van der Waals surface area contributed by atoms with Crippen molar-refractivity contribution in [3.63, 3.8) is 0 Å². The fraction of sp³-hybridized carbons (Fsp3) is 0.889. The molecule has 0 radical (unpaired) electrons. The molecule has 0 bridgehead atoms. The third-order valence-electron chi connectivity index (χ3n) is 1.96. The van der Waals surface area contributed by atoms with Gasteiger partial charge in [-0.15, -0.1) is 0 Å². The van der Waals surface area contributed by atoms with E-state index in [2.05, 4.69) is 0 Å². The Kier molecular flexibility index (Phi) is 4.08. The summed E-state index contributed by atoms with van der Waals surface area (Å²) < 4.78 is 10.4. The molecule has 1 aliphatic heterocycles. The molecule has 0 amide bonds. The van der Waals surface area contributed by atoms with Crippen molar-refractivity contribution in [3.05, 3.63) is 0 Å². The van der Waals surface area contributed by atoms with E-state index in [0.717, 1.165) is 38.9 Å². The second-order valence-corrected chi connectivity index (χ2v) is 3.13. The van der Waals surface area contributed by atoms with Gasteiger partial charge >= 0.3 is 5.97 Å². The Morgan fingerprint density at radius 3 is 2.42 bits per heavy atom. The van der Waals surface area contributed by atoms with E-state index in [0.29, 0.717) is 0 Å². The lowest BCUT2D eigenvalue weighted by Crippen LogP contribution is -2.19. The highest BCUT2D eigenvalue weighted by Gasteiger charge is 2.13. The Morgan fingerprint density at radius 2 is 1.92 bits per heavy atom. The Bertz CT molecular complexity index is 137. The minimum Gasteiger partial charge on any atom is -0.463 e. The zero-order chi connectivity index (χ0) is 8.81. The van der Waals surface area contributed by atoms with Gasteiger partial charge < -0.3 is 9.47 Å². The first-order valence-electron chi connectivity index (χ1n) is 4.54. The molecule has 1 saturated heterocycles. The van der Waals surface area contributed by atoms with Gasteiger partial charge in [-0.2, -0.15) is 0 Å². The zero-order valence-corrected chi connectivity index (χ0v) is 7.54. The van der Waals surface area contributed by atoms with Gasteiger partial charge in [0.2, 0.25) is 0 Å². The molecule has 1 aliphatic rings. The number of carbonyl (C=O) groups excluding carboxylic acids is 1. The largest absolute Gasteiger partial charge is 0.463 e. The van der Waals surface area contributed by atoms with E-state index >= 15 is 0 Å². The van der Waals surface area contributed by atoms with Gasteiger partial charge in [0, 0.05) is 20.1 Å². The molecule has 1 fully saturated rings. The first kappa shape index (κ1) is 9.52. The van der Waals surface area contributed by atoms with E-state index in [1.165, 1.54) is 6.92 Å². The molecule has 0 atom stereocenters. The maximum Gasteiger partial charge on any atom is 0.302 e. The van der Waals surface area contributed by atoms with Crippen LogP contribution in [0.5, 0.6) is 0 Å². The first-order valence-corrected chi connectivity index (χ1v) is 4.54. The van der Waals surface area contributed by atoms with Crippen molar-refractivity contribution in [2.45, 2.75) is 38.7 Å². The molecule has 1 heterocycles. The fourth-order valence-corrected chi connectivity index (χ4v) is 1.43. The molecule has 3 nitrogen and oxygen atoms in total. The maximum absolute atomic E-state index is 10.7. The van der Waals surface area contributed by atoms with Gasteiger partial charge in [-0.1, -0.05) is 0 Å². The molecule has 0 spiro atoms. The Labute approximate surface area is 73.0 Å². The van der Waals surface area contributed by atoms with Gasteiger partial charge in [-0.3, -0.25) is 4.79 Å². The summed E-state index contributed by atoms with van der Waals surface area (Å²) in [6, 6.07) is 0. The van der Waals surface area contributed by atoms with Gasteiger partial charge in [0.1, 0.15) is 6.10 Å². The van der Waals surface area contributed by atoms with Gasteiger partial charge in [-0.25, -0.2) is 0 Å². The molecule has 0 unspecified atom stereocenters. The molecular formula is C9H16O3. The molecule has 0 saturated carbocycles. The highest BCUT2D eigenvalue weighted by Crippen LogP contribution is 2.12. The predicted molar refractivity (Wildman–Crippen MR) is 44.8 cm³/mol. The van der Waals surface area contributed by atoms with Crippen LogP contribution in [0.15, 0.2) is 0 Å². The smallest absolute Gasteiger partial charge is 0.302 e. The average molecular weight is 172 g/mol. The average Bonchev–Trinajstić information content (AvgIpc) is 1.93. The Hall–Kier alpha value is -0.570. The van der Waals surface area contributed by atoms with Crippen LogP contribution in [0, 0.1) is 0 Å². The van der Waals surface area contributed by atoms with Gasteiger partial charge in [0.25, 0.3) is 0 Å². The number of rotatable bonds is 1. The topological polar surface area (TPSA) is 35.5 Å². The van der Waals surface area contributed by atoms with E-state index in [-0.39, 0.29) is 12.1 Å². The normalized spacial score (nSPS) is 21.1. The van der Waals surface area contributed by atoms with Crippen LogP contribution < -0.4 is 0 Å². The van der Waals surface area contributed by atoms with E-state index in [4.69, 9.17) is 9.47 Å². The van der Waals surface area contributed by atoms with Crippen molar-refractivity contribution in [1.82, 2.24) is 0 Å². The van der Waals surface area contributed by atoms with Gasteiger partial charge in [-0.05, 0) is 25.7 Å². The third kappa shape index (κ3) is 3.72. The molecule has 0 N–H and O–H groups in total. The number of hydrogen-bond donors (Lipinski definition) is 0. The molecule has 0 aromatic rings. The molecule has 3 heteroatoms. The van der Waals surface area contributed by atoms with Gasteiger partial charge in [0.05, 0.1) is 0 Å². The summed E-state index contributed by atoms with van der Waals surface area (Å²) in [5.74, 6) is -0.165. The maximum atomic E-state index is 10.7. The lowest BCUT2D eigenvalue weighted by Gasteiger charge is -2.19. The van der Waals surface area contributed by atoms with Crippen LogP contribution in [0.25, 0.3) is 0 Å². The SMILES string of the molecule is CC(=O)OC1CCCOCCC1. The minimum atomic E-state index is -0.165. The molecule has 0 aromatic heterocycles. The minimum absolute atomic E-state index is 0.131. The van der Waals surface area contributed by atoms with Crippen molar-refractivity contribution in [2.24, 2.45) is 0 Å². The lowest BCUT2D eigenvalue weighted by molar-refractivity contribution is -0.147. The fourth-order valence-electron chi connectivity index (χ4n) is 1.43. The Balaban J connectivity index is 2.24. The van der Waals surface area contributed by atoms with E-state index in [1.54, 1.807) is 0 Å². The van der Waals surface area contributed by atoms with Crippen LogP contribution in [0.4, 0.5) is 0 Å². The molecule has 12 heavy (non-hydrogen) atoms. The first-order chi connectivity index (χ1) is 5.79. The highest BCUT2D eigenvalue weighted by atomic mass is 16.5. The summed E-state index contributed by atoms with van der Waals surface area (Å²) >= 11 is 0. The third-order valence-corrected chi connectivity index (χ3v) is 1.96. The summed E-state index contributed by atoms with van der Waals surface area (Å²) in [5, 5.41) is 0. The molecule has 1 rings (SSSR count). The molecule has 0 aromatic carbocycles. The Morgan fingerprint density at radius 1 is 1.33 bits per heavy atom. The van der Waals surface area contributed by atoms with Crippen LogP contribution in [0.1, 0.15) is 32.6 Å². The summed E-state index contributed by atoms with van der Waals surface area (Å²) in [6.07, 6.45) is 4.01. The van der Waals surface area contributed by atoms with Crippen molar-refractivity contribution < 1.29 is 14.3 Å². The standard InChI is InChI=1S/C9H16O3/c1-8(10)12-9-4-2-6-11-7-3-5-9/h9H,2-7H2,1H3. The number of ether oxygens (including phenoxy) is 2. The number of hydrogen-bond acceptors (Lipinski definition) is 3. The highest BCUT2D eigenvalue weighted by molar-refractivity contribution is 5.66. The van der Waals surface area contributed by atoms with Crippen molar-refractivity contribution in [3.8, 4) is 0 Å². The summed E-state index contributed by atoms with van der Waals surface area (Å²) in [4.78, 5) is 10.7. The van der Waals surface area contributed by atoms with Gasteiger partial charge in [0.15, 0.2) is 0 Å². The molecule has 70 valence electrons. The van der Waals surface area contributed by atoms with Crippen LogP contribution in [-0.4, -0.2) is 25.3 Å². The number of esters is 1. The quantitative estimate of drug-likeness (QED) is 0.562. The van der Waals surface area contributed by atoms with E-state index in [9.17, 15) is 4.79 Å². The van der Waals surface area contributed by atoms with Crippen molar-refractivity contribution in [2.75, 3.05) is 13.2 Å². The number of carbonyl (C=O) groups is 1. The summed E-state index contributed by atoms with van der Waals surface area (Å²) in [7, 11) is 0. The summed E-state index contributed by atoms with van der Waals surface area (Å²) in [5.41, 5.74) is 0. The van der Waals surface area contributed by atoms with Crippen LogP contribution >= 0.6 is 0 Å². The van der Waals surface area contributed by atoms with Crippen molar-refractivity contribution in [1.29, 1.82) is 0 Å². The van der Waals surface area contributed by atoms with Crippen LogP contribution in [0.2, 0.25) is 0 Å².